The standard InChI is InChI=1S/C15H15FN2OS/c1-11(12-5-4-8-17-9-12)18-15(19)10-20-14-7-3-2-6-13(14)16/h2-9,11H,10H2,1H3,(H,18,19). The highest BCUT2D eigenvalue weighted by Gasteiger charge is 2.10. The lowest BCUT2D eigenvalue weighted by atomic mass is 10.1. The number of benzene rings is 1. The van der Waals surface area contributed by atoms with Crippen molar-refractivity contribution in [1.29, 1.82) is 0 Å². The van der Waals surface area contributed by atoms with Gasteiger partial charge in [-0.15, -0.1) is 11.8 Å². The molecule has 20 heavy (non-hydrogen) atoms. The Labute approximate surface area is 121 Å². The van der Waals surface area contributed by atoms with Crippen LogP contribution in [0.4, 0.5) is 4.39 Å². The minimum Gasteiger partial charge on any atom is -0.349 e. The average Bonchev–Trinajstić information content (AvgIpc) is 2.47. The molecular formula is C15H15FN2OS. The van der Waals surface area contributed by atoms with Crippen LogP contribution < -0.4 is 5.32 Å². The predicted molar refractivity (Wildman–Crippen MR) is 77.9 cm³/mol. The summed E-state index contributed by atoms with van der Waals surface area (Å²) in [7, 11) is 0. The number of nitrogens with one attached hydrogen (secondary N) is 1. The van der Waals surface area contributed by atoms with Crippen LogP contribution in [0.15, 0.2) is 53.7 Å². The Morgan fingerprint density at radius 2 is 2.15 bits per heavy atom. The first-order valence-electron chi connectivity index (χ1n) is 6.23. The number of hydrogen-bond donors (Lipinski definition) is 1. The molecule has 1 N–H and O–H groups in total. The fraction of sp³-hybridized carbons (Fsp3) is 0.200. The summed E-state index contributed by atoms with van der Waals surface area (Å²) in [5.74, 6) is -0.244. The van der Waals surface area contributed by atoms with Crippen LogP contribution in [-0.4, -0.2) is 16.6 Å². The van der Waals surface area contributed by atoms with E-state index >= 15 is 0 Å². The van der Waals surface area contributed by atoms with Crippen molar-refractivity contribution in [3.63, 3.8) is 0 Å². The molecule has 2 aromatic rings. The molecule has 0 bridgehead atoms. The SMILES string of the molecule is CC(NC(=O)CSc1ccccc1F)c1cccnc1. The number of hydrogen-bond acceptors (Lipinski definition) is 3. The van der Waals surface area contributed by atoms with Crippen LogP contribution in [0.1, 0.15) is 18.5 Å². The molecule has 0 radical (unpaired) electrons. The van der Waals surface area contributed by atoms with Gasteiger partial charge >= 0.3 is 0 Å². The van der Waals surface area contributed by atoms with Gasteiger partial charge in [-0.1, -0.05) is 18.2 Å². The molecule has 0 saturated carbocycles. The maximum Gasteiger partial charge on any atom is 0.230 e. The second-order valence-corrected chi connectivity index (χ2v) is 5.31. The van der Waals surface area contributed by atoms with Crippen molar-refractivity contribution in [3.8, 4) is 0 Å². The highest BCUT2D eigenvalue weighted by molar-refractivity contribution is 8.00. The van der Waals surface area contributed by atoms with E-state index in [2.05, 4.69) is 10.3 Å². The van der Waals surface area contributed by atoms with Crippen molar-refractivity contribution in [1.82, 2.24) is 10.3 Å². The monoisotopic (exact) mass is 290 g/mol. The first kappa shape index (κ1) is 14.5. The van der Waals surface area contributed by atoms with Gasteiger partial charge in [-0.25, -0.2) is 4.39 Å². The number of amides is 1. The highest BCUT2D eigenvalue weighted by atomic mass is 32.2. The topological polar surface area (TPSA) is 42.0 Å². The zero-order chi connectivity index (χ0) is 14.4. The Morgan fingerprint density at radius 1 is 1.35 bits per heavy atom. The molecule has 0 saturated heterocycles. The molecule has 1 amide bonds. The number of halogens is 1. The summed E-state index contributed by atoms with van der Waals surface area (Å²) >= 11 is 1.19. The summed E-state index contributed by atoms with van der Waals surface area (Å²) in [6.45, 7) is 1.89. The molecule has 2 rings (SSSR count). The van der Waals surface area contributed by atoms with Crippen molar-refractivity contribution in [2.75, 3.05) is 5.75 Å². The zero-order valence-corrected chi connectivity index (χ0v) is 11.9. The normalized spacial score (nSPS) is 11.9. The Morgan fingerprint density at radius 3 is 2.85 bits per heavy atom. The average molecular weight is 290 g/mol. The molecular weight excluding hydrogens is 275 g/mol. The summed E-state index contributed by atoms with van der Waals surface area (Å²) in [6, 6.07) is 10.0. The van der Waals surface area contributed by atoms with E-state index in [1.807, 2.05) is 19.1 Å². The summed E-state index contributed by atoms with van der Waals surface area (Å²) in [5.41, 5.74) is 0.941. The first-order chi connectivity index (χ1) is 9.66. The van der Waals surface area contributed by atoms with E-state index in [0.29, 0.717) is 4.90 Å². The second kappa shape index (κ2) is 7.05. The first-order valence-corrected chi connectivity index (χ1v) is 7.22. The van der Waals surface area contributed by atoms with E-state index in [-0.39, 0.29) is 23.5 Å². The van der Waals surface area contributed by atoms with Crippen molar-refractivity contribution in [3.05, 3.63) is 60.2 Å². The number of carbonyl (C=O) groups is 1. The predicted octanol–water partition coefficient (Wildman–Crippen LogP) is 3.19. The van der Waals surface area contributed by atoms with Gasteiger partial charge in [-0.05, 0) is 30.7 Å². The van der Waals surface area contributed by atoms with Crippen molar-refractivity contribution >= 4 is 17.7 Å². The largest absolute Gasteiger partial charge is 0.349 e. The van der Waals surface area contributed by atoms with Crippen LogP contribution >= 0.6 is 11.8 Å². The lowest BCUT2D eigenvalue weighted by Crippen LogP contribution is -2.28. The Hall–Kier alpha value is -1.88. The van der Waals surface area contributed by atoms with E-state index < -0.39 is 0 Å². The molecule has 1 atom stereocenters. The zero-order valence-electron chi connectivity index (χ0n) is 11.0. The van der Waals surface area contributed by atoms with E-state index in [9.17, 15) is 9.18 Å². The number of rotatable bonds is 5. The third kappa shape index (κ3) is 4.06. The van der Waals surface area contributed by atoms with E-state index in [1.165, 1.54) is 17.8 Å². The molecule has 0 aliphatic rings. The van der Waals surface area contributed by atoms with Gasteiger partial charge in [0.15, 0.2) is 0 Å². The summed E-state index contributed by atoms with van der Waals surface area (Å²) in [6.07, 6.45) is 3.40. The van der Waals surface area contributed by atoms with Gasteiger partial charge in [-0.2, -0.15) is 0 Å². The molecule has 1 unspecified atom stereocenters. The van der Waals surface area contributed by atoms with Gasteiger partial charge in [-0.3, -0.25) is 9.78 Å². The molecule has 0 aliphatic heterocycles. The molecule has 1 aromatic heterocycles. The Kier molecular flexibility index (Phi) is 5.12. The lowest BCUT2D eigenvalue weighted by Gasteiger charge is -2.13. The van der Waals surface area contributed by atoms with Crippen LogP contribution in [-0.2, 0) is 4.79 Å². The Bertz CT molecular complexity index is 577. The maximum atomic E-state index is 13.4. The van der Waals surface area contributed by atoms with Crippen LogP contribution in [0.3, 0.4) is 0 Å². The third-order valence-corrected chi connectivity index (χ3v) is 3.81. The fourth-order valence-corrected chi connectivity index (χ4v) is 2.45. The van der Waals surface area contributed by atoms with Gasteiger partial charge in [0.05, 0.1) is 11.8 Å². The van der Waals surface area contributed by atoms with E-state index in [4.69, 9.17) is 0 Å². The highest BCUT2D eigenvalue weighted by Crippen LogP contribution is 2.21. The molecule has 5 heteroatoms. The number of nitrogens with zero attached hydrogens (tertiary/aromatic N) is 1. The van der Waals surface area contributed by atoms with Crippen LogP contribution in [0.25, 0.3) is 0 Å². The quantitative estimate of drug-likeness (QED) is 0.860. The number of carbonyl (C=O) groups excluding carboxylic acids is 1. The van der Waals surface area contributed by atoms with Gasteiger partial charge in [0, 0.05) is 17.3 Å². The molecule has 0 fully saturated rings. The van der Waals surface area contributed by atoms with Crippen molar-refractivity contribution in [2.24, 2.45) is 0 Å². The molecule has 1 aromatic carbocycles. The summed E-state index contributed by atoms with van der Waals surface area (Å²) in [5, 5.41) is 2.86. The van der Waals surface area contributed by atoms with E-state index in [1.54, 1.807) is 30.6 Å². The van der Waals surface area contributed by atoms with Crippen LogP contribution in [0.5, 0.6) is 0 Å². The van der Waals surface area contributed by atoms with Gasteiger partial charge in [0.25, 0.3) is 0 Å². The van der Waals surface area contributed by atoms with Gasteiger partial charge in [0.2, 0.25) is 5.91 Å². The van der Waals surface area contributed by atoms with Crippen LogP contribution in [0.2, 0.25) is 0 Å². The molecule has 0 aliphatic carbocycles. The fourth-order valence-electron chi connectivity index (χ4n) is 1.70. The van der Waals surface area contributed by atoms with Gasteiger partial charge in [0.1, 0.15) is 5.82 Å². The molecule has 0 spiro atoms. The van der Waals surface area contributed by atoms with Crippen LogP contribution in [0, 0.1) is 5.82 Å². The van der Waals surface area contributed by atoms with E-state index in [0.717, 1.165) is 5.56 Å². The number of aromatic nitrogens is 1. The lowest BCUT2D eigenvalue weighted by molar-refractivity contribution is -0.119. The smallest absolute Gasteiger partial charge is 0.230 e. The van der Waals surface area contributed by atoms with Gasteiger partial charge < -0.3 is 5.32 Å². The molecule has 3 nitrogen and oxygen atoms in total. The second-order valence-electron chi connectivity index (χ2n) is 4.29. The number of thioether (sulfide) groups is 1. The molecule has 1 heterocycles. The molecule has 104 valence electrons. The minimum absolute atomic E-state index is 0.113. The summed E-state index contributed by atoms with van der Waals surface area (Å²) in [4.78, 5) is 16.3. The van der Waals surface area contributed by atoms with Crippen molar-refractivity contribution < 1.29 is 9.18 Å². The Balaban J connectivity index is 1.86. The van der Waals surface area contributed by atoms with Crippen molar-refractivity contribution in [2.45, 2.75) is 17.9 Å². The third-order valence-electron chi connectivity index (χ3n) is 2.76. The summed E-state index contributed by atoms with van der Waals surface area (Å²) < 4.78 is 13.4. The maximum absolute atomic E-state index is 13.4. The number of pyridine rings is 1. The minimum atomic E-state index is -0.300.